The van der Waals surface area contributed by atoms with Gasteiger partial charge in [0.05, 0.1) is 6.61 Å². The molecule has 0 spiro atoms. The quantitative estimate of drug-likeness (QED) is 0.209. The van der Waals surface area contributed by atoms with Gasteiger partial charge < -0.3 is 0 Å². The molecule has 0 radical (unpaired) electrons. The van der Waals surface area contributed by atoms with Crippen LogP contribution in [0.4, 0.5) is 0 Å². The lowest BCUT2D eigenvalue weighted by Crippen LogP contribution is -2.08. The van der Waals surface area contributed by atoms with Gasteiger partial charge in [-0.1, -0.05) is 39.2 Å². The summed E-state index contributed by atoms with van der Waals surface area (Å²) < 4.78 is 0. The number of nitrogens with zero attached hydrogens (tertiary/aromatic N) is 1. The van der Waals surface area contributed by atoms with Crippen LogP contribution in [0.3, 0.4) is 0 Å². The van der Waals surface area contributed by atoms with E-state index in [-0.39, 0.29) is 5.57 Å². The zero-order chi connectivity index (χ0) is 12.2. The smallest absolute Gasteiger partial charge is 0.292 e. The molecule has 0 atom stereocenters. The van der Waals surface area contributed by atoms with Gasteiger partial charge in [0.15, 0.2) is 0 Å². The van der Waals surface area contributed by atoms with Crippen molar-refractivity contribution in [2.24, 2.45) is 0 Å². The van der Waals surface area contributed by atoms with Gasteiger partial charge in [0, 0.05) is 0 Å². The second kappa shape index (κ2) is 10.2. The summed E-state index contributed by atoms with van der Waals surface area (Å²) in [5, 5.41) is 8.72. The lowest BCUT2D eigenvalue weighted by Gasteiger charge is -2.01. The first-order valence-corrected chi connectivity index (χ1v) is 5.70. The minimum Gasteiger partial charge on any atom is -0.292 e. The number of rotatable bonds is 8. The van der Waals surface area contributed by atoms with Gasteiger partial charge in [-0.25, -0.2) is 4.79 Å². The fourth-order valence-electron chi connectivity index (χ4n) is 0.968. The van der Waals surface area contributed by atoms with Gasteiger partial charge >= 0.3 is 5.97 Å². The van der Waals surface area contributed by atoms with Gasteiger partial charge in [0.2, 0.25) is 0 Å². The van der Waals surface area contributed by atoms with E-state index in [0.29, 0.717) is 13.0 Å². The van der Waals surface area contributed by atoms with Crippen molar-refractivity contribution in [3.05, 3.63) is 11.6 Å². The van der Waals surface area contributed by atoms with Gasteiger partial charge in [-0.15, -0.1) is 0 Å². The molecule has 0 aliphatic rings. The molecule has 0 aromatic carbocycles. The van der Waals surface area contributed by atoms with Gasteiger partial charge in [0.1, 0.15) is 11.6 Å². The third-order valence-corrected chi connectivity index (χ3v) is 1.96. The van der Waals surface area contributed by atoms with E-state index in [1.54, 1.807) is 6.08 Å². The molecule has 0 aromatic heterocycles. The van der Waals surface area contributed by atoms with E-state index in [1.807, 2.05) is 19.9 Å². The minimum absolute atomic E-state index is 0.0185. The molecule has 0 N–H and O–H groups in total. The van der Waals surface area contributed by atoms with Crippen molar-refractivity contribution in [1.29, 1.82) is 5.26 Å². The summed E-state index contributed by atoms with van der Waals surface area (Å²) in [5.74, 6) is -0.699. The molecule has 0 aliphatic carbocycles. The van der Waals surface area contributed by atoms with E-state index in [4.69, 9.17) is 5.26 Å². The van der Waals surface area contributed by atoms with E-state index in [9.17, 15) is 4.79 Å². The molecule has 16 heavy (non-hydrogen) atoms. The average molecular weight is 225 g/mol. The Morgan fingerprint density at radius 2 is 2.00 bits per heavy atom. The maximum Gasteiger partial charge on any atom is 0.383 e. The largest absolute Gasteiger partial charge is 0.383 e. The fraction of sp³-hybridized carbons (Fsp3) is 0.667. The van der Waals surface area contributed by atoms with Gasteiger partial charge in [-0.05, 0) is 12.8 Å². The van der Waals surface area contributed by atoms with Crippen molar-refractivity contribution in [2.75, 3.05) is 6.61 Å². The number of hydrogen-bond acceptors (Lipinski definition) is 4. The summed E-state index contributed by atoms with van der Waals surface area (Å²) in [6, 6.07) is 1.81. The highest BCUT2D eigenvalue weighted by Crippen LogP contribution is 2.03. The molecule has 0 saturated heterocycles. The predicted molar refractivity (Wildman–Crippen MR) is 60.2 cm³/mol. The third-order valence-electron chi connectivity index (χ3n) is 1.96. The number of carbonyl (C=O) groups excluding carboxylic acids is 1. The number of hydrogen-bond donors (Lipinski definition) is 0. The molecule has 0 rings (SSSR count). The lowest BCUT2D eigenvalue weighted by molar-refractivity contribution is -0.268. The Morgan fingerprint density at radius 3 is 2.56 bits per heavy atom. The van der Waals surface area contributed by atoms with Crippen LogP contribution in [0, 0.1) is 11.3 Å². The van der Waals surface area contributed by atoms with Crippen LogP contribution in [-0.2, 0) is 14.6 Å². The van der Waals surface area contributed by atoms with Crippen LogP contribution in [-0.4, -0.2) is 12.6 Å². The summed E-state index contributed by atoms with van der Waals surface area (Å²) >= 11 is 0. The highest BCUT2D eigenvalue weighted by molar-refractivity contribution is 5.92. The van der Waals surface area contributed by atoms with E-state index in [2.05, 4.69) is 9.78 Å². The molecular weight excluding hydrogens is 206 g/mol. The molecular formula is C12H19NO3. The van der Waals surface area contributed by atoms with Crippen molar-refractivity contribution in [3.63, 3.8) is 0 Å². The van der Waals surface area contributed by atoms with Crippen molar-refractivity contribution in [2.45, 2.75) is 46.0 Å². The molecule has 0 aliphatic heterocycles. The van der Waals surface area contributed by atoms with Gasteiger partial charge in [0.25, 0.3) is 0 Å². The van der Waals surface area contributed by atoms with Crippen molar-refractivity contribution >= 4 is 5.97 Å². The summed E-state index contributed by atoms with van der Waals surface area (Å²) in [5.41, 5.74) is 0.0185. The maximum absolute atomic E-state index is 11.3. The minimum atomic E-state index is -0.699. The average Bonchev–Trinajstić information content (AvgIpc) is 2.30. The molecule has 0 amide bonds. The first-order chi connectivity index (χ1) is 7.76. The number of carbonyl (C=O) groups is 1. The SMILES string of the molecule is CCCCC=C(C#N)C(=O)OOCCCC. The highest BCUT2D eigenvalue weighted by atomic mass is 17.2. The monoisotopic (exact) mass is 225 g/mol. The number of allylic oxidation sites excluding steroid dienone is 1. The molecule has 0 saturated carbocycles. The Bertz CT molecular complexity index is 266. The second-order valence-corrected chi connectivity index (χ2v) is 3.42. The number of unbranched alkanes of at least 4 members (excludes halogenated alkanes) is 3. The summed E-state index contributed by atoms with van der Waals surface area (Å²) in [6.07, 6.45) is 6.08. The van der Waals surface area contributed by atoms with Gasteiger partial charge in [-0.2, -0.15) is 10.1 Å². The van der Waals surface area contributed by atoms with E-state index < -0.39 is 5.97 Å². The van der Waals surface area contributed by atoms with E-state index in [0.717, 1.165) is 25.7 Å². The lowest BCUT2D eigenvalue weighted by atomic mass is 10.2. The van der Waals surface area contributed by atoms with Crippen LogP contribution in [0.2, 0.25) is 0 Å². The molecule has 0 bridgehead atoms. The van der Waals surface area contributed by atoms with Crippen LogP contribution in [0.1, 0.15) is 46.0 Å². The van der Waals surface area contributed by atoms with E-state index in [1.165, 1.54) is 0 Å². The normalized spacial score (nSPS) is 10.9. The highest BCUT2D eigenvalue weighted by Gasteiger charge is 2.10. The summed E-state index contributed by atoms with van der Waals surface area (Å²) in [7, 11) is 0. The Kier molecular flexibility index (Phi) is 9.33. The Labute approximate surface area is 96.8 Å². The third kappa shape index (κ3) is 7.02. The zero-order valence-electron chi connectivity index (χ0n) is 9.99. The van der Waals surface area contributed by atoms with Crippen LogP contribution in [0.25, 0.3) is 0 Å². The van der Waals surface area contributed by atoms with Crippen LogP contribution in [0.15, 0.2) is 11.6 Å². The van der Waals surface area contributed by atoms with E-state index >= 15 is 0 Å². The van der Waals surface area contributed by atoms with Crippen LogP contribution < -0.4 is 0 Å². The molecule has 90 valence electrons. The van der Waals surface area contributed by atoms with Gasteiger partial charge in [-0.3, -0.25) is 4.89 Å². The summed E-state index contributed by atoms with van der Waals surface area (Å²) in [4.78, 5) is 20.5. The molecule has 0 unspecified atom stereocenters. The fourth-order valence-corrected chi connectivity index (χ4v) is 0.968. The second-order valence-electron chi connectivity index (χ2n) is 3.42. The Balaban J connectivity index is 3.92. The first kappa shape index (κ1) is 14.7. The zero-order valence-corrected chi connectivity index (χ0v) is 9.99. The maximum atomic E-state index is 11.3. The van der Waals surface area contributed by atoms with Crippen molar-refractivity contribution < 1.29 is 14.6 Å². The molecule has 4 heteroatoms. The first-order valence-electron chi connectivity index (χ1n) is 5.70. The van der Waals surface area contributed by atoms with Crippen molar-refractivity contribution in [3.8, 4) is 6.07 Å². The molecule has 0 heterocycles. The molecule has 4 nitrogen and oxygen atoms in total. The van der Waals surface area contributed by atoms with Crippen molar-refractivity contribution in [1.82, 2.24) is 0 Å². The van der Waals surface area contributed by atoms with Crippen LogP contribution in [0.5, 0.6) is 0 Å². The number of nitriles is 1. The molecule has 0 aromatic rings. The standard InChI is InChI=1S/C12H19NO3/c1-3-5-7-8-11(10-13)12(14)16-15-9-6-4-2/h8H,3-7,9H2,1-2H3. The Hall–Kier alpha value is -1.34. The van der Waals surface area contributed by atoms with Crippen LogP contribution >= 0.6 is 0 Å². The Morgan fingerprint density at radius 1 is 1.31 bits per heavy atom. The summed E-state index contributed by atoms with van der Waals surface area (Å²) in [6.45, 7) is 4.43. The topological polar surface area (TPSA) is 59.3 Å². The molecule has 0 fully saturated rings. The predicted octanol–water partition coefficient (Wildman–Crippen LogP) is 2.90.